The fourth-order valence-corrected chi connectivity index (χ4v) is 8.41. The van der Waals surface area contributed by atoms with Gasteiger partial charge in [0.1, 0.15) is 0 Å². The van der Waals surface area contributed by atoms with Crippen LogP contribution in [0.4, 0.5) is 34.1 Å². The van der Waals surface area contributed by atoms with Crippen LogP contribution in [0.1, 0.15) is 97.2 Å². The molecule has 320 valence electrons. The Labute approximate surface area is 383 Å². The number of hydrogen-bond donors (Lipinski definition) is 0. The maximum atomic E-state index is 2.35. The van der Waals surface area contributed by atoms with E-state index in [1.165, 1.54) is 55.7 Å². The van der Waals surface area contributed by atoms with Gasteiger partial charge in [-0.1, -0.05) is 185 Å². The van der Waals surface area contributed by atoms with Gasteiger partial charge in [0.15, 0.2) is 0 Å². The van der Waals surface area contributed by atoms with Gasteiger partial charge >= 0.3 is 0 Å². The molecule has 0 radical (unpaired) electrons. The molecule has 0 bridgehead atoms. The summed E-state index contributed by atoms with van der Waals surface area (Å²) in [4.78, 5) is 4.70. The minimum atomic E-state index is 0.0345. The summed E-state index contributed by atoms with van der Waals surface area (Å²) in [5, 5.41) is 0. The summed E-state index contributed by atoms with van der Waals surface area (Å²) in [6.45, 7) is 22.3. The van der Waals surface area contributed by atoms with E-state index in [0.29, 0.717) is 0 Å². The Balaban J connectivity index is 1.34. The lowest BCUT2D eigenvalue weighted by molar-refractivity contribution is 0.590. The standard InChI is InChI=1S/C62H62N2/c1-43-11-31-53(32-12-43)63(54-33-13-44(2)14-34-54)57-39-23-49(24-40-57)60(59(47-19-27-51(28-20-47)61(5,6)7)48-21-29-52(30-22-48)62(8,9)10)50-25-41-58(42-26-50)64(55-35-15-45(3)16-36-55)56-37-17-46(4)18-38-56/h11-42H,1-10H3. The lowest BCUT2D eigenvalue weighted by Gasteiger charge is -2.27. The summed E-state index contributed by atoms with van der Waals surface area (Å²) in [5.41, 5.74) is 21.4. The molecule has 0 aromatic heterocycles. The third kappa shape index (κ3) is 9.68. The minimum absolute atomic E-state index is 0.0345. The Morgan fingerprint density at radius 2 is 0.422 bits per heavy atom. The molecule has 0 saturated carbocycles. The van der Waals surface area contributed by atoms with Gasteiger partial charge in [-0.15, -0.1) is 0 Å². The van der Waals surface area contributed by atoms with Gasteiger partial charge in [-0.25, -0.2) is 0 Å². The molecule has 0 atom stereocenters. The van der Waals surface area contributed by atoms with Crippen LogP contribution in [0.15, 0.2) is 194 Å². The predicted molar refractivity (Wildman–Crippen MR) is 276 cm³/mol. The minimum Gasteiger partial charge on any atom is -0.311 e. The monoisotopic (exact) mass is 834 g/mol. The van der Waals surface area contributed by atoms with Gasteiger partial charge in [0.05, 0.1) is 0 Å². The zero-order valence-electron chi connectivity index (χ0n) is 39.4. The molecule has 0 aliphatic heterocycles. The second-order valence-electron chi connectivity index (χ2n) is 19.5. The fraction of sp³-hybridized carbons (Fsp3) is 0.194. The molecule has 0 unspecified atom stereocenters. The van der Waals surface area contributed by atoms with Gasteiger partial charge in [0.2, 0.25) is 0 Å². The fourth-order valence-electron chi connectivity index (χ4n) is 8.41. The average Bonchev–Trinajstić information content (AvgIpc) is 3.28. The number of rotatable bonds is 10. The SMILES string of the molecule is Cc1ccc(N(c2ccc(C)cc2)c2ccc(C(=C(c3ccc(C(C)(C)C)cc3)c3ccc(C(C)(C)C)cc3)c3ccc(N(c4ccc(C)cc4)c4ccc(C)cc4)cc3)cc2)cc1. The van der Waals surface area contributed by atoms with Crippen molar-refractivity contribution in [1.29, 1.82) is 0 Å². The van der Waals surface area contributed by atoms with Crippen LogP contribution in [0.2, 0.25) is 0 Å². The average molecular weight is 835 g/mol. The van der Waals surface area contributed by atoms with Crippen molar-refractivity contribution >= 4 is 45.3 Å². The lowest BCUT2D eigenvalue weighted by atomic mass is 9.81. The van der Waals surface area contributed by atoms with Crippen molar-refractivity contribution in [2.24, 2.45) is 0 Å². The quantitative estimate of drug-likeness (QED) is 0.127. The Hall–Kier alpha value is -6.90. The smallest absolute Gasteiger partial charge is 0.0462 e. The third-order valence-electron chi connectivity index (χ3n) is 12.3. The molecule has 64 heavy (non-hydrogen) atoms. The van der Waals surface area contributed by atoms with Gasteiger partial charge in [-0.2, -0.15) is 0 Å². The van der Waals surface area contributed by atoms with Crippen molar-refractivity contribution in [3.05, 3.63) is 250 Å². The van der Waals surface area contributed by atoms with Crippen LogP contribution < -0.4 is 9.80 Å². The van der Waals surface area contributed by atoms with Crippen molar-refractivity contribution in [3.63, 3.8) is 0 Å². The van der Waals surface area contributed by atoms with Crippen LogP contribution in [0.25, 0.3) is 11.1 Å². The first-order valence-electron chi connectivity index (χ1n) is 22.7. The van der Waals surface area contributed by atoms with Crippen molar-refractivity contribution in [1.82, 2.24) is 0 Å². The zero-order valence-corrected chi connectivity index (χ0v) is 39.4. The van der Waals surface area contributed by atoms with E-state index in [4.69, 9.17) is 0 Å². The number of anilines is 6. The molecule has 0 aliphatic rings. The lowest BCUT2D eigenvalue weighted by Crippen LogP contribution is -2.11. The number of aryl methyl sites for hydroxylation is 4. The number of hydrogen-bond acceptors (Lipinski definition) is 2. The molecular formula is C62H62N2. The van der Waals surface area contributed by atoms with Gasteiger partial charge in [0.25, 0.3) is 0 Å². The Bertz CT molecular complexity index is 2540. The van der Waals surface area contributed by atoms with E-state index >= 15 is 0 Å². The molecule has 2 heteroatoms. The largest absolute Gasteiger partial charge is 0.311 e. The molecular weight excluding hydrogens is 773 g/mol. The second-order valence-corrected chi connectivity index (χ2v) is 19.5. The highest BCUT2D eigenvalue weighted by Crippen LogP contribution is 2.42. The van der Waals surface area contributed by atoms with E-state index in [2.05, 4.69) is 273 Å². The van der Waals surface area contributed by atoms with E-state index < -0.39 is 0 Å². The van der Waals surface area contributed by atoms with Crippen LogP contribution >= 0.6 is 0 Å². The van der Waals surface area contributed by atoms with Crippen molar-refractivity contribution in [2.45, 2.75) is 80.1 Å². The summed E-state index contributed by atoms with van der Waals surface area (Å²) in [6.07, 6.45) is 0. The zero-order chi connectivity index (χ0) is 45.2. The highest BCUT2D eigenvalue weighted by Gasteiger charge is 2.22. The number of benzene rings is 8. The molecule has 0 heterocycles. The maximum Gasteiger partial charge on any atom is 0.0462 e. The summed E-state index contributed by atoms with van der Waals surface area (Å²) in [5.74, 6) is 0. The molecule has 0 N–H and O–H groups in total. The number of nitrogens with zero attached hydrogens (tertiary/aromatic N) is 2. The molecule has 2 nitrogen and oxygen atoms in total. The van der Waals surface area contributed by atoms with Crippen LogP contribution in [0, 0.1) is 27.7 Å². The van der Waals surface area contributed by atoms with E-state index in [0.717, 1.165) is 45.3 Å². The highest BCUT2D eigenvalue weighted by molar-refractivity contribution is 6.05. The van der Waals surface area contributed by atoms with Gasteiger partial charge < -0.3 is 9.80 Å². The molecule has 0 fully saturated rings. The summed E-state index contributed by atoms with van der Waals surface area (Å²) in [6, 6.07) is 72.2. The first-order valence-corrected chi connectivity index (χ1v) is 22.7. The van der Waals surface area contributed by atoms with Crippen LogP contribution in [0.3, 0.4) is 0 Å². The van der Waals surface area contributed by atoms with E-state index in [1.54, 1.807) is 0 Å². The first-order chi connectivity index (χ1) is 30.6. The van der Waals surface area contributed by atoms with Gasteiger partial charge in [-0.05, 0) is 156 Å². The first kappa shape index (κ1) is 43.7. The normalized spacial score (nSPS) is 11.6. The van der Waals surface area contributed by atoms with Crippen LogP contribution in [-0.2, 0) is 10.8 Å². The topological polar surface area (TPSA) is 6.48 Å². The van der Waals surface area contributed by atoms with Crippen molar-refractivity contribution < 1.29 is 0 Å². The van der Waals surface area contributed by atoms with Gasteiger partial charge in [-0.3, -0.25) is 0 Å². The molecule has 0 amide bonds. The molecule has 8 rings (SSSR count). The van der Waals surface area contributed by atoms with E-state index in [-0.39, 0.29) is 10.8 Å². The summed E-state index contributed by atoms with van der Waals surface area (Å²) >= 11 is 0. The summed E-state index contributed by atoms with van der Waals surface area (Å²) < 4.78 is 0. The van der Waals surface area contributed by atoms with Crippen LogP contribution in [-0.4, -0.2) is 0 Å². The van der Waals surface area contributed by atoms with Crippen molar-refractivity contribution in [2.75, 3.05) is 9.80 Å². The van der Waals surface area contributed by atoms with Crippen molar-refractivity contribution in [3.8, 4) is 0 Å². The Morgan fingerprint density at radius 3 is 0.609 bits per heavy atom. The summed E-state index contributed by atoms with van der Waals surface area (Å²) in [7, 11) is 0. The Morgan fingerprint density at radius 1 is 0.250 bits per heavy atom. The Kier molecular flexibility index (Phi) is 12.3. The molecule has 8 aromatic carbocycles. The molecule has 0 saturated heterocycles. The molecule has 8 aromatic rings. The van der Waals surface area contributed by atoms with Crippen LogP contribution in [0.5, 0.6) is 0 Å². The van der Waals surface area contributed by atoms with E-state index in [1.807, 2.05) is 0 Å². The van der Waals surface area contributed by atoms with E-state index in [9.17, 15) is 0 Å². The maximum absolute atomic E-state index is 2.35. The predicted octanol–water partition coefficient (Wildman–Crippen LogP) is 17.5. The second kappa shape index (κ2) is 18.1. The molecule has 0 aliphatic carbocycles. The highest BCUT2D eigenvalue weighted by atomic mass is 15.1. The third-order valence-corrected chi connectivity index (χ3v) is 12.3. The molecule has 0 spiro atoms. The van der Waals surface area contributed by atoms with Gasteiger partial charge in [0, 0.05) is 34.1 Å².